The van der Waals surface area contributed by atoms with Gasteiger partial charge in [0.2, 0.25) is 23.6 Å². The summed E-state index contributed by atoms with van der Waals surface area (Å²) in [6, 6.07) is 15.9. The monoisotopic (exact) mass is 1400 g/mol. The molecule has 6 amide bonds. The van der Waals surface area contributed by atoms with Crippen LogP contribution in [0.2, 0.25) is 0 Å². The first-order valence-corrected chi connectivity index (χ1v) is 36.2. The number of aromatic nitrogens is 3. The van der Waals surface area contributed by atoms with Gasteiger partial charge in [0.1, 0.15) is 47.4 Å². The molecule has 23 nitrogen and oxygen atoms in total. The van der Waals surface area contributed by atoms with E-state index < -0.39 is 64.2 Å². The Morgan fingerprint density at radius 1 is 0.780 bits per heavy atom. The highest BCUT2D eigenvalue weighted by Crippen LogP contribution is 2.41. The quantitative estimate of drug-likeness (QED) is 0.0327. The number of β-amino-alcohol motifs (C(OH)–C–C–N with tert-alkyl or cyclic N) is 1. The summed E-state index contributed by atoms with van der Waals surface area (Å²) < 4.78 is 52.3. The molecule has 3 aromatic carbocycles. The molecule has 5 aromatic rings. The number of anilines is 3. The molecule has 538 valence electrons. The normalized spacial score (nSPS) is 22.3. The number of aliphatic hydroxyl groups is 1. The van der Waals surface area contributed by atoms with Gasteiger partial charge in [-0.3, -0.25) is 38.6 Å². The van der Waals surface area contributed by atoms with E-state index in [-0.39, 0.29) is 74.3 Å². The molecule has 1 spiro atoms. The molecule has 2 aromatic heterocycles. The average molecular weight is 1400 g/mol. The third-order valence-corrected chi connectivity index (χ3v) is 22.1. The van der Waals surface area contributed by atoms with Crippen LogP contribution in [-0.2, 0) is 54.9 Å². The van der Waals surface area contributed by atoms with Crippen LogP contribution in [0.3, 0.4) is 0 Å². The summed E-state index contributed by atoms with van der Waals surface area (Å²) in [6.07, 6.45) is 4.63. The topological polar surface area (TPSA) is 262 Å². The van der Waals surface area contributed by atoms with Crippen LogP contribution in [0.25, 0.3) is 10.4 Å². The minimum absolute atomic E-state index is 0.0185. The highest BCUT2D eigenvalue weighted by atomic mass is 32.1. The van der Waals surface area contributed by atoms with Crippen molar-refractivity contribution < 1.29 is 51.8 Å². The minimum atomic E-state index is -2.00. The van der Waals surface area contributed by atoms with E-state index in [0.29, 0.717) is 99.7 Å². The zero-order chi connectivity index (χ0) is 70.7. The zero-order valence-electron chi connectivity index (χ0n) is 58.3. The van der Waals surface area contributed by atoms with Crippen molar-refractivity contribution in [2.24, 2.45) is 22.7 Å². The number of alkyl halides is 1. The summed E-state index contributed by atoms with van der Waals surface area (Å²) >= 11 is 1.47. The first-order valence-electron chi connectivity index (χ1n) is 35.3. The van der Waals surface area contributed by atoms with Gasteiger partial charge in [-0.2, -0.15) is 0 Å². The SMILES string of the molecule is Cc1ncsc1-c1ccc(CNC(=O)[C@@H]2C[C@@H](O)CN2C(=O)[C@@H](NC(=O)C2(F)CC2)C(C)(C)C)c(OCC(=O)NCCCN2C[C@@H]3CN(CC(=O)NCc4cccc(CNc5cc(N6CCC7(CC6)CN(c6cc(F)c(CN8CCC(C)(C)CC8)cc6F)CC(=O)N7)ncn5)c4)C[C@@H]3C2)c1. The number of rotatable bonds is 25. The predicted octanol–water partition coefficient (Wildman–Crippen LogP) is 6.07. The first kappa shape index (κ1) is 71.8. The Morgan fingerprint density at radius 3 is 2.22 bits per heavy atom. The molecule has 1 saturated carbocycles. The summed E-state index contributed by atoms with van der Waals surface area (Å²) in [5.41, 5.74) is 3.24. The lowest BCUT2D eigenvalue weighted by molar-refractivity contribution is -0.145. The van der Waals surface area contributed by atoms with E-state index in [2.05, 4.69) is 86.4 Å². The van der Waals surface area contributed by atoms with Crippen LogP contribution in [0.15, 0.2) is 72.5 Å². The number of thiazole rings is 1. The second kappa shape index (κ2) is 30.3. The van der Waals surface area contributed by atoms with Crippen molar-refractivity contribution >= 4 is 64.1 Å². The van der Waals surface area contributed by atoms with Crippen LogP contribution >= 0.6 is 11.3 Å². The first-order chi connectivity index (χ1) is 47.7. The van der Waals surface area contributed by atoms with Crippen molar-refractivity contribution in [3.8, 4) is 16.2 Å². The largest absolute Gasteiger partial charge is 0.483 e. The van der Waals surface area contributed by atoms with E-state index >= 15 is 8.78 Å². The fourth-order valence-corrected chi connectivity index (χ4v) is 15.8. The number of hydrogen-bond acceptors (Lipinski definition) is 18. The molecule has 7 N–H and O–H groups in total. The summed E-state index contributed by atoms with van der Waals surface area (Å²) in [5, 5.41) is 28.9. The molecule has 1 aliphatic carbocycles. The maximum absolute atomic E-state index is 15.8. The highest BCUT2D eigenvalue weighted by molar-refractivity contribution is 7.13. The summed E-state index contributed by atoms with van der Waals surface area (Å²) in [4.78, 5) is 107. The van der Waals surface area contributed by atoms with Gasteiger partial charge in [-0.1, -0.05) is 71.0 Å². The van der Waals surface area contributed by atoms with Crippen LogP contribution in [0.1, 0.15) is 114 Å². The number of hydrogen-bond donors (Lipinski definition) is 7. The number of carbonyl (C=O) groups is 6. The Kier molecular flexibility index (Phi) is 21.8. The maximum atomic E-state index is 15.8. The van der Waals surface area contributed by atoms with E-state index in [1.54, 1.807) is 31.2 Å². The highest BCUT2D eigenvalue weighted by Gasteiger charge is 2.54. The molecule has 27 heteroatoms. The Hall–Kier alpha value is -7.98. The van der Waals surface area contributed by atoms with Gasteiger partial charge in [0, 0.05) is 115 Å². The Labute approximate surface area is 587 Å². The minimum Gasteiger partial charge on any atom is -0.483 e. The molecule has 100 heavy (non-hydrogen) atoms. The van der Waals surface area contributed by atoms with Crippen LogP contribution in [0.4, 0.5) is 30.5 Å². The van der Waals surface area contributed by atoms with Crippen molar-refractivity contribution in [2.45, 2.75) is 148 Å². The number of piperazine rings is 1. The number of amides is 6. The molecular weight excluding hydrogens is 1300 g/mol. The Bertz CT molecular complexity index is 3800. The van der Waals surface area contributed by atoms with Gasteiger partial charge in [-0.15, -0.1) is 11.3 Å². The molecule has 7 aliphatic rings. The molecule has 0 bridgehead atoms. The number of likely N-dealkylation sites (tertiary alicyclic amines) is 4. The number of aliphatic hydroxyl groups excluding tert-OH is 1. The number of nitrogens with one attached hydrogen (secondary N) is 6. The van der Waals surface area contributed by atoms with Gasteiger partial charge >= 0.3 is 0 Å². The zero-order valence-corrected chi connectivity index (χ0v) is 59.1. The second-order valence-corrected chi connectivity index (χ2v) is 31.5. The fraction of sp³-hybridized carbons (Fsp3) is 0.575. The van der Waals surface area contributed by atoms with Crippen LogP contribution < -0.4 is 46.4 Å². The Morgan fingerprint density at radius 2 is 1.51 bits per heavy atom. The van der Waals surface area contributed by atoms with Crippen LogP contribution in [-0.4, -0.2) is 203 Å². The number of fused-ring (bicyclic) bond motifs is 1. The number of halogens is 3. The van der Waals surface area contributed by atoms with Gasteiger partial charge in [0.15, 0.2) is 12.3 Å². The number of aryl methyl sites for hydroxylation is 1. The van der Waals surface area contributed by atoms with Gasteiger partial charge in [-0.05, 0) is 123 Å². The standard InChI is InChI=1S/C73H96F3N15O8S/c1-46-65(100-45-83-46)49-11-12-50(33-80-67(96)58-28-54(92)39-91(58)68(97)66(70(2,3)4)84-69(98)73(76)13-14-73)59(27-49)99-42-64(95)77-19-8-20-87-35-52-37-88(38-53(52)36-87)40-62(93)79-32-48-10-7-9-47(25-48)31-78-60-30-61(82-44-81-60)89-23-17-72(18-24-89)43-90(41-63(94)85-72)57-29-55(74)51(26-56(57)75)34-86-21-15-71(5,6)16-22-86/h7,9-12,25-27,29-30,44-45,52-54,58,66,92H,8,13-24,28,31-43H2,1-6H3,(H,77,95)(H,79,93)(H,80,96)(H,84,98)(H,85,94)(H,78,81,82)/t52-,53+,54-,58+,66-/m1/s1. The number of carbonyl (C=O) groups excluding carboxylic acids is 6. The Balaban J connectivity index is 0.542. The van der Waals surface area contributed by atoms with Crippen molar-refractivity contribution in [1.82, 2.24) is 61.1 Å². The number of ether oxygens (including phenoxy) is 1. The molecular formula is C73H96F3N15O8S. The van der Waals surface area contributed by atoms with Gasteiger partial charge in [0.05, 0.1) is 46.5 Å². The van der Waals surface area contributed by atoms with E-state index in [0.717, 1.165) is 98.2 Å². The third kappa shape index (κ3) is 17.7. The van der Waals surface area contributed by atoms with Crippen LogP contribution in [0, 0.1) is 41.2 Å². The fourth-order valence-electron chi connectivity index (χ4n) is 15.0. The summed E-state index contributed by atoms with van der Waals surface area (Å²) in [6.45, 7) is 20.7. The molecule has 5 atom stereocenters. The lowest BCUT2D eigenvalue weighted by Crippen LogP contribution is -2.66. The molecule has 12 rings (SSSR count). The second-order valence-electron chi connectivity index (χ2n) is 30.6. The molecule has 8 heterocycles. The maximum Gasteiger partial charge on any atom is 0.258 e. The number of benzene rings is 3. The molecule has 0 radical (unpaired) electrons. The molecule has 7 fully saturated rings. The van der Waals surface area contributed by atoms with Crippen LogP contribution in [0.5, 0.6) is 5.75 Å². The van der Waals surface area contributed by atoms with E-state index in [4.69, 9.17) is 4.74 Å². The summed E-state index contributed by atoms with van der Waals surface area (Å²) in [5.74, 6) is -0.814. The molecule has 6 aliphatic heterocycles. The van der Waals surface area contributed by atoms with Gasteiger partial charge in [0.25, 0.3) is 11.8 Å². The van der Waals surface area contributed by atoms with Crippen molar-refractivity contribution in [3.63, 3.8) is 0 Å². The lowest BCUT2D eigenvalue weighted by Gasteiger charge is -2.48. The third-order valence-electron chi connectivity index (χ3n) is 21.2. The predicted molar refractivity (Wildman–Crippen MR) is 375 cm³/mol. The molecule has 0 unspecified atom stereocenters. The number of piperidine rings is 2. The van der Waals surface area contributed by atoms with Gasteiger partial charge in [-0.25, -0.2) is 28.1 Å². The number of nitrogens with zero attached hydrogens (tertiary/aromatic N) is 9. The lowest BCUT2D eigenvalue weighted by atomic mass is 9.82. The summed E-state index contributed by atoms with van der Waals surface area (Å²) in [7, 11) is 0. The van der Waals surface area contributed by atoms with E-state index in [9.17, 15) is 38.3 Å². The van der Waals surface area contributed by atoms with Gasteiger partial charge < -0.3 is 61.3 Å². The smallest absolute Gasteiger partial charge is 0.258 e. The van der Waals surface area contributed by atoms with E-state index in [1.165, 1.54) is 34.7 Å². The van der Waals surface area contributed by atoms with Crippen molar-refractivity contribution in [2.75, 3.05) is 113 Å². The van der Waals surface area contributed by atoms with Crippen molar-refractivity contribution in [1.29, 1.82) is 0 Å². The average Bonchev–Trinajstić information content (AvgIpc) is 1.18. The molecule has 6 saturated heterocycles. The van der Waals surface area contributed by atoms with E-state index in [1.807, 2.05) is 49.4 Å². The van der Waals surface area contributed by atoms with Crippen molar-refractivity contribution in [3.05, 3.63) is 112 Å².